The lowest BCUT2D eigenvalue weighted by atomic mass is 10.7. The van der Waals surface area contributed by atoms with Crippen molar-refractivity contribution in [3.05, 3.63) is 0 Å². The second-order valence-corrected chi connectivity index (χ2v) is 1.04. The lowest BCUT2D eigenvalue weighted by Crippen LogP contribution is -2.02. The molecule has 0 saturated carbocycles. The smallest absolute Gasteiger partial charge is 0.106 e. The third-order valence-corrected chi connectivity index (χ3v) is 0.463. The summed E-state index contributed by atoms with van der Waals surface area (Å²) in [6, 6.07) is 0. The molecule has 3 heteroatoms. The SMILES string of the molecule is [O]CCOCCO. The molecule has 0 unspecified atom stereocenters. The molecule has 0 atom stereocenters. The highest BCUT2D eigenvalue weighted by Crippen LogP contribution is 1.68. The average molecular weight is 105 g/mol. The van der Waals surface area contributed by atoms with E-state index in [1.165, 1.54) is 0 Å². The highest BCUT2D eigenvalue weighted by Gasteiger charge is 1.80. The molecular weight excluding hydrogens is 96.0 g/mol. The summed E-state index contributed by atoms with van der Waals surface area (Å²) in [4.78, 5) is 0. The molecule has 0 spiro atoms. The van der Waals surface area contributed by atoms with E-state index in [9.17, 15) is 5.11 Å². The van der Waals surface area contributed by atoms with Gasteiger partial charge in [-0.3, -0.25) is 0 Å². The average Bonchev–Trinajstić information content (AvgIpc) is 1.69. The molecule has 0 aliphatic carbocycles. The number of aliphatic hydroxyl groups is 1. The fourth-order valence-corrected chi connectivity index (χ4v) is 0.226. The van der Waals surface area contributed by atoms with E-state index in [2.05, 4.69) is 4.74 Å². The number of hydrogen-bond acceptors (Lipinski definition) is 2. The Hall–Kier alpha value is -0.120. The molecular formula is C4H9O3. The largest absolute Gasteiger partial charge is 0.394 e. The zero-order valence-electron chi connectivity index (χ0n) is 4.09. The molecule has 0 rings (SSSR count). The Morgan fingerprint density at radius 1 is 1.43 bits per heavy atom. The molecule has 1 N–H and O–H groups in total. The number of aliphatic hydroxyl groups excluding tert-OH is 1. The van der Waals surface area contributed by atoms with Crippen LogP contribution in [0.2, 0.25) is 0 Å². The molecule has 43 valence electrons. The summed E-state index contributed by atoms with van der Waals surface area (Å²) in [5.41, 5.74) is 0. The molecule has 0 aliphatic heterocycles. The minimum absolute atomic E-state index is 0. The topological polar surface area (TPSA) is 49.4 Å². The van der Waals surface area contributed by atoms with Crippen molar-refractivity contribution in [2.75, 3.05) is 26.4 Å². The van der Waals surface area contributed by atoms with Gasteiger partial charge < -0.3 is 9.84 Å². The van der Waals surface area contributed by atoms with Crippen LogP contribution in [0.3, 0.4) is 0 Å². The van der Waals surface area contributed by atoms with Crippen molar-refractivity contribution in [3.63, 3.8) is 0 Å². The second kappa shape index (κ2) is 5.88. The summed E-state index contributed by atoms with van der Waals surface area (Å²) in [6.45, 7) is 0.267. The lowest BCUT2D eigenvalue weighted by Gasteiger charge is -1.93. The van der Waals surface area contributed by atoms with E-state index in [-0.39, 0.29) is 26.4 Å². The van der Waals surface area contributed by atoms with Gasteiger partial charge in [-0.25, -0.2) is 5.11 Å². The van der Waals surface area contributed by atoms with Crippen LogP contribution in [0, 0.1) is 0 Å². The first-order valence-electron chi connectivity index (χ1n) is 2.18. The Morgan fingerprint density at radius 3 is 2.57 bits per heavy atom. The van der Waals surface area contributed by atoms with Gasteiger partial charge in [0.1, 0.15) is 6.61 Å². The normalized spacial score (nSPS) is 9.43. The monoisotopic (exact) mass is 105 g/mol. The molecule has 0 bridgehead atoms. The fraction of sp³-hybridized carbons (Fsp3) is 1.00. The van der Waals surface area contributed by atoms with Crippen molar-refractivity contribution in [2.45, 2.75) is 0 Å². The van der Waals surface area contributed by atoms with Gasteiger partial charge in [-0.1, -0.05) is 0 Å². The van der Waals surface area contributed by atoms with E-state index in [0.717, 1.165) is 0 Å². The van der Waals surface area contributed by atoms with E-state index in [0.29, 0.717) is 0 Å². The summed E-state index contributed by atoms with van der Waals surface area (Å²) in [6.07, 6.45) is 0. The molecule has 0 aliphatic rings. The fourth-order valence-electron chi connectivity index (χ4n) is 0.226. The van der Waals surface area contributed by atoms with Crippen LogP contribution < -0.4 is 0 Å². The van der Waals surface area contributed by atoms with Gasteiger partial charge >= 0.3 is 0 Å². The zero-order chi connectivity index (χ0) is 5.54. The quantitative estimate of drug-likeness (QED) is 0.486. The van der Waals surface area contributed by atoms with Crippen molar-refractivity contribution >= 4 is 0 Å². The summed E-state index contributed by atoms with van der Waals surface area (Å²) >= 11 is 0. The van der Waals surface area contributed by atoms with Crippen molar-refractivity contribution in [1.82, 2.24) is 0 Å². The zero-order valence-corrected chi connectivity index (χ0v) is 4.09. The summed E-state index contributed by atoms with van der Waals surface area (Å²) in [7, 11) is 0. The van der Waals surface area contributed by atoms with Crippen LogP contribution >= 0.6 is 0 Å². The molecule has 1 radical (unpaired) electrons. The minimum Gasteiger partial charge on any atom is -0.394 e. The standard InChI is InChI=1S/C4H9O3/c5-1-3-7-4-2-6/h5H,1-4H2. The highest BCUT2D eigenvalue weighted by atomic mass is 16.5. The van der Waals surface area contributed by atoms with Gasteiger partial charge in [0.05, 0.1) is 19.8 Å². The first-order chi connectivity index (χ1) is 3.41. The Labute approximate surface area is 42.5 Å². The summed E-state index contributed by atoms with van der Waals surface area (Å²) in [5.74, 6) is 0. The Morgan fingerprint density at radius 2 is 2.14 bits per heavy atom. The number of rotatable bonds is 4. The molecule has 3 nitrogen and oxygen atoms in total. The molecule has 0 aromatic heterocycles. The maximum Gasteiger partial charge on any atom is 0.106 e. The van der Waals surface area contributed by atoms with Gasteiger partial charge in [-0.2, -0.15) is 0 Å². The van der Waals surface area contributed by atoms with Gasteiger partial charge in [-0.15, -0.1) is 0 Å². The predicted molar refractivity (Wildman–Crippen MR) is 23.5 cm³/mol. The third-order valence-electron chi connectivity index (χ3n) is 0.463. The van der Waals surface area contributed by atoms with Crippen LogP contribution in [0.4, 0.5) is 0 Å². The molecule has 0 saturated heterocycles. The summed E-state index contributed by atoms with van der Waals surface area (Å²) in [5, 5.41) is 17.7. The molecule has 0 aromatic carbocycles. The third kappa shape index (κ3) is 5.88. The maximum atomic E-state index is 9.60. The molecule has 0 fully saturated rings. The molecule has 7 heavy (non-hydrogen) atoms. The van der Waals surface area contributed by atoms with Crippen LogP contribution in [-0.2, 0) is 9.84 Å². The Bertz CT molecular complexity index is 26.1. The highest BCUT2D eigenvalue weighted by molar-refractivity contribution is 4.23. The van der Waals surface area contributed by atoms with Gasteiger partial charge in [0.15, 0.2) is 0 Å². The molecule has 0 aromatic rings. The minimum atomic E-state index is -0.222. The lowest BCUT2D eigenvalue weighted by molar-refractivity contribution is 0.0445. The molecule has 0 heterocycles. The van der Waals surface area contributed by atoms with E-state index >= 15 is 0 Å². The van der Waals surface area contributed by atoms with Gasteiger partial charge in [0, 0.05) is 0 Å². The first-order valence-corrected chi connectivity index (χ1v) is 2.18. The van der Waals surface area contributed by atoms with E-state index in [4.69, 9.17) is 5.11 Å². The van der Waals surface area contributed by atoms with E-state index < -0.39 is 0 Å². The van der Waals surface area contributed by atoms with Crippen molar-refractivity contribution in [3.8, 4) is 0 Å². The van der Waals surface area contributed by atoms with E-state index in [1.54, 1.807) is 0 Å². The van der Waals surface area contributed by atoms with Crippen LogP contribution in [0.1, 0.15) is 0 Å². The first kappa shape index (κ1) is 6.88. The second-order valence-electron chi connectivity index (χ2n) is 1.04. The van der Waals surface area contributed by atoms with Gasteiger partial charge in [0.25, 0.3) is 0 Å². The molecule has 0 amide bonds. The van der Waals surface area contributed by atoms with Crippen molar-refractivity contribution in [1.29, 1.82) is 0 Å². The van der Waals surface area contributed by atoms with Crippen LogP contribution in [0.5, 0.6) is 0 Å². The Balaban J connectivity index is 2.45. The van der Waals surface area contributed by atoms with Gasteiger partial charge in [-0.05, 0) is 0 Å². The van der Waals surface area contributed by atoms with Crippen LogP contribution in [0.15, 0.2) is 0 Å². The Kier molecular flexibility index (Phi) is 5.78. The van der Waals surface area contributed by atoms with Crippen molar-refractivity contribution < 1.29 is 14.9 Å². The van der Waals surface area contributed by atoms with Crippen molar-refractivity contribution in [2.24, 2.45) is 0 Å². The maximum absolute atomic E-state index is 9.60. The number of hydrogen-bond donors (Lipinski definition) is 1. The van der Waals surface area contributed by atoms with Gasteiger partial charge in [0.2, 0.25) is 0 Å². The predicted octanol–water partition coefficient (Wildman–Crippen LogP) is -0.574. The van der Waals surface area contributed by atoms with E-state index in [1.807, 2.05) is 0 Å². The number of ether oxygens (including phenoxy) is 1. The van der Waals surface area contributed by atoms with Crippen LogP contribution in [0.25, 0.3) is 0 Å². The van der Waals surface area contributed by atoms with Crippen LogP contribution in [-0.4, -0.2) is 31.5 Å². The summed E-state index contributed by atoms with van der Waals surface area (Å²) < 4.78 is 4.57.